The van der Waals surface area contributed by atoms with E-state index in [4.69, 9.17) is 0 Å². The van der Waals surface area contributed by atoms with Crippen molar-refractivity contribution < 1.29 is 9.18 Å². The minimum atomic E-state index is -0.201. The van der Waals surface area contributed by atoms with E-state index in [1.165, 1.54) is 6.07 Å². The molecule has 1 aromatic carbocycles. The molecule has 0 unspecified atom stereocenters. The van der Waals surface area contributed by atoms with Crippen LogP contribution in [0.4, 0.5) is 10.1 Å². The lowest BCUT2D eigenvalue weighted by Crippen LogP contribution is -2.28. The van der Waals surface area contributed by atoms with Crippen molar-refractivity contribution in [2.45, 2.75) is 25.7 Å². The van der Waals surface area contributed by atoms with Crippen LogP contribution >= 0.6 is 0 Å². The summed E-state index contributed by atoms with van der Waals surface area (Å²) in [6, 6.07) is 6.65. The summed E-state index contributed by atoms with van der Waals surface area (Å²) in [5, 5.41) is 0. The number of halogens is 1. The Morgan fingerprint density at radius 3 is 2.71 bits per heavy atom. The Labute approximate surface area is 101 Å². The Balaban J connectivity index is 1.92. The summed E-state index contributed by atoms with van der Waals surface area (Å²) in [5.41, 5.74) is 0.905. The molecule has 0 radical (unpaired) electrons. The third kappa shape index (κ3) is 3.29. The zero-order chi connectivity index (χ0) is 12.3. The van der Waals surface area contributed by atoms with Gasteiger partial charge in [0, 0.05) is 32.1 Å². The van der Waals surface area contributed by atoms with Crippen molar-refractivity contribution in [1.29, 1.82) is 0 Å². The third-order valence-corrected chi connectivity index (χ3v) is 3.44. The number of hydrogen-bond acceptors (Lipinski definition) is 2. The van der Waals surface area contributed by atoms with Crippen LogP contribution < -0.4 is 4.90 Å². The van der Waals surface area contributed by atoms with Crippen LogP contribution in [0.3, 0.4) is 0 Å². The maximum atomic E-state index is 13.1. The number of Topliss-reactive ketones (excluding diaryl/α,β-unsaturated/α-hetero) is 1. The molecule has 0 saturated heterocycles. The van der Waals surface area contributed by atoms with Crippen LogP contribution in [-0.4, -0.2) is 19.4 Å². The van der Waals surface area contributed by atoms with Gasteiger partial charge in [0.05, 0.1) is 0 Å². The zero-order valence-electron chi connectivity index (χ0n) is 10.2. The quantitative estimate of drug-likeness (QED) is 0.802. The Kier molecular flexibility index (Phi) is 3.77. The van der Waals surface area contributed by atoms with Gasteiger partial charge in [-0.1, -0.05) is 6.07 Å². The Bertz CT molecular complexity index is 395. The molecule has 1 saturated carbocycles. The maximum absolute atomic E-state index is 13.1. The number of rotatable bonds is 3. The SMILES string of the molecule is CN(CC1CCC(=O)CC1)c1cccc(F)c1. The van der Waals surface area contributed by atoms with Crippen LogP contribution in [-0.2, 0) is 4.79 Å². The lowest BCUT2D eigenvalue weighted by molar-refractivity contribution is -0.120. The van der Waals surface area contributed by atoms with Gasteiger partial charge in [0.15, 0.2) is 0 Å². The number of ketones is 1. The Hall–Kier alpha value is -1.38. The highest BCUT2D eigenvalue weighted by Crippen LogP contribution is 2.24. The Morgan fingerprint density at radius 2 is 2.06 bits per heavy atom. The number of anilines is 1. The lowest BCUT2D eigenvalue weighted by Gasteiger charge is -2.28. The van der Waals surface area contributed by atoms with Gasteiger partial charge in [0.2, 0.25) is 0 Å². The molecule has 0 N–H and O–H groups in total. The minimum Gasteiger partial charge on any atom is -0.374 e. The molecule has 0 amide bonds. The molecule has 1 aliphatic rings. The first-order chi connectivity index (χ1) is 8.15. The number of hydrogen-bond donors (Lipinski definition) is 0. The van der Waals surface area contributed by atoms with E-state index < -0.39 is 0 Å². The van der Waals surface area contributed by atoms with Gasteiger partial charge in [0.1, 0.15) is 11.6 Å². The molecule has 2 rings (SSSR count). The maximum Gasteiger partial charge on any atom is 0.132 e. The number of benzene rings is 1. The molecule has 0 heterocycles. The van der Waals surface area contributed by atoms with Crippen molar-refractivity contribution in [2.24, 2.45) is 5.92 Å². The van der Waals surface area contributed by atoms with E-state index in [0.29, 0.717) is 24.5 Å². The van der Waals surface area contributed by atoms with E-state index in [-0.39, 0.29) is 5.82 Å². The lowest BCUT2D eigenvalue weighted by atomic mass is 9.88. The first-order valence-electron chi connectivity index (χ1n) is 6.13. The fourth-order valence-corrected chi connectivity index (χ4v) is 2.39. The van der Waals surface area contributed by atoms with Gasteiger partial charge < -0.3 is 4.90 Å². The van der Waals surface area contributed by atoms with Crippen LogP contribution in [0.1, 0.15) is 25.7 Å². The van der Waals surface area contributed by atoms with Crippen LogP contribution in [0.5, 0.6) is 0 Å². The molecule has 1 aromatic rings. The van der Waals surface area contributed by atoms with Gasteiger partial charge in [-0.25, -0.2) is 4.39 Å². The van der Waals surface area contributed by atoms with E-state index in [2.05, 4.69) is 4.90 Å². The molecule has 0 aliphatic heterocycles. The van der Waals surface area contributed by atoms with Gasteiger partial charge in [-0.15, -0.1) is 0 Å². The van der Waals surface area contributed by atoms with Crippen LogP contribution in [0, 0.1) is 11.7 Å². The smallest absolute Gasteiger partial charge is 0.132 e. The first-order valence-corrected chi connectivity index (χ1v) is 6.13. The van der Waals surface area contributed by atoms with Crippen molar-refractivity contribution in [3.05, 3.63) is 30.1 Å². The summed E-state index contributed by atoms with van der Waals surface area (Å²) in [5.74, 6) is 0.740. The number of nitrogens with zero attached hydrogens (tertiary/aromatic N) is 1. The molecular weight excluding hydrogens is 217 g/mol. The fourth-order valence-electron chi connectivity index (χ4n) is 2.39. The van der Waals surface area contributed by atoms with E-state index in [9.17, 15) is 9.18 Å². The van der Waals surface area contributed by atoms with Crippen LogP contribution in [0.25, 0.3) is 0 Å². The average Bonchev–Trinajstić information content (AvgIpc) is 2.32. The predicted molar refractivity (Wildman–Crippen MR) is 66.6 cm³/mol. The van der Waals surface area contributed by atoms with Crippen molar-refractivity contribution in [3.8, 4) is 0 Å². The highest BCUT2D eigenvalue weighted by Gasteiger charge is 2.20. The molecule has 1 fully saturated rings. The second-order valence-corrected chi connectivity index (χ2v) is 4.84. The number of carbonyl (C=O) groups excluding carboxylic acids is 1. The molecule has 92 valence electrons. The van der Waals surface area contributed by atoms with Crippen molar-refractivity contribution >= 4 is 11.5 Å². The van der Waals surface area contributed by atoms with E-state index >= 15 is 0 Å². The average molecular weight is 235 g/mol. The van der Waals surface area contributed by atoms with E-state index in [1.807, 2.05) is 13.1 Å². The molecule has 2 nitrogen and oxygen atoms in total. The monoisotopic (exact) mass is 235 g/mol. The molecule has 0 atom stereocenters. The summed E-state index contributed by atoms with van der Waals surface area (Å²) >= 11 is 0. The molecule has 0 aromatic heterocycles. The normalized spacial score (nSPS) is 17.2. The molecule has 17 heavy (non-hydrogen) atoms. The summed E-state index contributed by atoms with van der Waals surface area (Å²) in [6.07, 6.45) is 3.36. The summed E-state index contributed by atoms with van der Waals surface area (Å²) < 4.78 is 13.1. The summed E-state index contributed by atoms with van der Waals surface area (Å²) in [7, 11) is 1.98. The number of carbonyl (C=O) groups is 1. The topological polar surface area (TPSA) is 20.3 Å². The summed E-state index contributed by atoms with van der Waals surface area (Å²) in [6.45, 7) is 0.900. The first kappa shape index (κ1) is 12.1. The van der Waals surface area contributed by atoms with Crippen LogP contribution in [0.2, 0.25) is 0 Å². The molecule has 0 spiro atoms. The van der Waals surface area contributed by atoms with Gasteiger partial charge in [-0.3, -0.25) is 4.79 Å². The van der Waals surface area contributed by atoms with E-state index in [0.717, 1.165) is 25.1 Å². The van der Waals surface area contributed by atoms with Crippen molar-refractivity contribution in [2.75, 3.05) is 18.5 Å². The Morgan fingerprint density at radius 1 is 1.35 bits per heavy atom. The molecular formula is C14H18FNO. The standard InChI is InChI=1S/C14H18FNO/c1-16(13-4-2-3-12(15)9-13)10-11-5-7-14(17)8-6-11/h2-4,9,11H,5-8,10H2,1H3. The highest BCUT2D eigenvalue weighted by atomic mass is 19.1. The van der Waals surface area contributed by atoms with Gasteiger partial charge in [-0.2, -0.15) is 0 Å². The second kappa shape index (κ2) is 5.30. The second-order valence-electron chi connectivity index (χ2n) is 4.84. The largest absolute Gasteiger partial charge is 0.374 e. The third-order valence-electron chi connectivity index (χ3n) is 3.44. The van der Waals surface area contributed by atoms with Gasteiger partial charge in [0.25, 0.3) is 0 Å². The minimum absolute atomic E-state index is 0.201. The van der Waals surface area contributed by atoms with Crippen LogP contribution in [0.15, 0.2) is 24.3 Å². The van der Waals surface area contributed by atoms with Crippen molar-refractivity contribution in [3.63, 3.8) is 0 Å². The van der Waals surface area contributed by atoms with Gasteiger partial charge in [-0.05, 0) is 37.0 Å². The predicted octanol–water partition coefficient (Wildman–Crippen LogP) is 3.02. The molecule has 3 heteroatoms. The highest BCUT2D eigenvalue weighted by molar-refractivity contribution is 5.79. The molecule has 1 aliphatic carbocycles. The summed E-state index contributed by atoms with van der Waals surface area (Å²) in [4.78, 5) is 13.2. The molecule has 0 bridgehead atoms. The van der Waals surface area contributed by atoms with E-state index in [1.54, 1.807) is 12.1 Å². The zero-order valence-corrected chi connectivity index (χ0v) is 10.2. The fraction of sp³-hybridized carbons (Fsp3) is 0.500. The van der Waals surface area contributed by atoms with Gasteiger partial charge >= 0.3 is 0 Å². The van der Waals surface area contributed by atoms with Crippen molar-refractivity contribution in [1.82, 2.24) is 0 Å².